The predicted octanol–water partition coefficient (Wildman–Crippen LogP) is 1.84. The van der Waals surface area contributed by atoms with Crippen LogP contribution in [0.2, 0.25) is 0 Å². The standard InChI is InChI=1S/C20H22IN5O4/c21-12-3-1-2-11(6-12)7-22-18-15-19(24-9-23-18)26(10-25-15)20-17(28)16(27)14(30-20)8-29-13-4-5-13/h1-3,6,9-10,13-14,16-17,20,27-28H,4-5,7-8H2,(H,22,23,24)/t14-,16?,17?,20-/m1/s1. The Kier molecular flexibility index (Phi) is 5.58. The van der Waals surface area contributed by atoms with Crippen molar-refractivity contribution in [1.82, 2.24) is 19.5 Å². The number of fused-ring (bicyclic) bond motifs is 1. The predicted molar refractivity (Wildman–Crippen MR) is 117 cm³/mol. The third kappa shape index (κ3) is 4.02. The first-order valence-corrected chi connectivity index (χ1v) is 11.0. The topological polar surface area (TPSA) is 115 Å². The summed E-state index contributed by atoms with van der Waals surface area (Å²) < 4.78 is 14.4. The number of aromatic nitrogens is 4. The van der Waals surface area contributed by atoms with Gasteiger partial charge in [-0.05, 0) is 53.1 Å². The van der Waals surface area contributed by atoms with Crippen LogP contribution in [0.1, 0.15) is 24.6 Å². The van der Waals surface area contributed by atoms with Crippen LogP contribution in [0.3, 0.4) is 0 Å². The Hall–Kier alpha value is -1.86. The normalized spacial score (nSPS) is 26.4. The summed E-state index contributed by atoms with van der Waals surface area (Å²) >= 11 is 2.28. The fourth-order valence-corrected chi connectivity index (χ4v) is 4.17. The maximum atomic E-state index is 10.5. The molecule has 0 amide bonds. The molecule has 10 heteroatoms. The van der Waals surface area contributed by atoms with E-state index in [2.05, 4.69) is 48.9 Å². The zero-order chi connectivity index (χ0) is 20.7. The van der Waals surface area contributed by atoms with Gasteiger partial charge in [0, 0.05) is 10.1 Å². The molecule has 1 aliphatic carbocycles. The second-order valence-electron chi connectivity index (χ2n) is 7.61. The highest BCUT2D eigenvalue weighted by Gasteiger charge is 2.45. The summed E-state index contributed by atoms with van der Waals surface area (Å²) in [5.74, 6) is 0.597. The minimum absolute atomic E-state index is 0.250. The number of aliphatic hydroxyl groups excluding tert-OH is 2. The van der Waals surface area contributed by atoms with E-state index in [1.165, 1.54) is 6.33 Å². The number of rotatable bonds is 7. The Morgan fingerprint density at radius 2 is 2.07 bits per heavy atom. The first-order chi connectivity index (χ1) is 14.6. The molecule has 9 nitrogen and oxygen atoms in total. The van der Waals surface area contributed by atoms with Gasteiger partial charge in [-0.1, -0.05) is 12.1 Å². The molecule has 158 valence electrons. The van der Waals surface area contributed by atoms with Crippen LogP contribution < -0.4 is 5.32 Å². The highest BCUT2D eigenvalue weighted by Crippen LogP contribution is 2.33. The number of hydrogen-bond acceptors (Lipinski definition) is 8. The van der Waals surface area contributed by atoms with Gasteiger partial charge in [-0.3, -0.25) is 4.57 Å². The molecule has 2 aromatic heterocycles. The van der Waals surface area contributed by atoms with Crippen LogP contribution >= 0.6 is 22.6 Å². The van der Waals surface area contributed by atoms with E-state index in [1.54, 1.807) is 10.9 Å². The molecular formula is C20H22IN5O4. The number of hydrogen-bond donors (Lipinski definition) is 3. The number of benzene rings is 1. The Balaban J connectivity index is 1.35. The van der Waals surface area contributed by atoms with Crippen molar-refractivity contribution < 1.29 is 19.7 Å². The fraction of sp³-hybridized carbons (Fsp3) is 0.450. The molecule has 4 atom stereocenters. The van der Waals surface area contributed by atoms with E-state index in [0.29, 0.717) is 23.5 Å². The van der Waals surface area contributed by atoms with Crippen LogP contribution in [0.15, 0.2) is 36.9 Å². The van der Waals surface area contributed by atoms with Crippen LogP contribution in [0.5, 0.6) is 0 Å². The molecule has 1 saturated heterocycles. The Morgan fingerprint density at radius 1 is 1.20 bits per heavy atom. The Bertz CT molecular complexity index is 1040. The summed E-state index contributed by atoms with van der Waals surface area (Å²) in [5.41, 5.74) is 2.23. The fourth-order valence-electron chi connectivity index (χ4n) is 3.56. The Labute approximate surface area is 186 Å². The van der Waals surface area contributed by atoms with Crippen LogP contribution in [-0.4, -0.2) is 60.8 Å². The van der Waals surface area contributed by atoms with Gasteiger partial charge in [-0.2, -0.15) is 0 Å². The maximum absolute atomic E-state index is 10.5. The molecule has 1 saturated carbocycles. The molecule has 0 radical (unpaired) electrons. The average molecular weight is 523 g/mol. The lowest BCUT2D eigenvalue weighted by Crippen LogP contribution is -2.34. The third-order valence-corrected chi connectivity index (χ3v) is 6.01. The van der Waals surface area contributed by atoms with E-state index in [0.717, 1.165) is 22.0 Å². The lowest BCUT2D eigenvalue weighted by atomic mass is 10.1. The number of ether oxygens (including phenoxy) is 2. The quantitative estimate of drug-likeness (QED) is 0.402. The smallest absolute Gasteiger partial charge is 0.167 e. The van der Waals surface area contributed by atoms with E-state index in [1.807, 2.05) is 18.2 Å². The van der Waals surface area contributed by atoms with Gasteiger partial charge >= 0.3 is 0 Å². The second-order valence-corrected chi connectivity index (χ2v) is 8.85. The molecular weight excluding hydrogens is 501 g/mol. The summed E-state index contributed by atoms with van der Waals surface area (Å²) in [5, 5.41) is 24.2. The molecule has 2 fully saturated rings. The lowest BCUT2D eigenvalue weighted by molar-refractivity contribution is -0.0682. The zero-order valence-corrected chi connectivity index (χ0v) is 18.2. The molecule has 3 N–H and O–H groups in total. The summed E-state index contributed by atoms with van der Waals surface area (Å²) in [4.78, 5) is 13.1. The average Bonchev–Trinajstić information content (AvgIpc) is 3.41. The lowest BCUT2D eigenvalue weighted by Gasteiger charge is -2.16. The molecule has 1 aromatic carbocycles. The summed E-state index contributed by atoms with van der Waals surface area (Å²) in [6, 6.07) is 8.19. The number of nitrogens with one attached hydrogen (secondary N) is 1. The van der Waals surface area contributed by atoms with Crippen molar-refractivity contribution in [3.63, 3.8) is 0 Å². The monoisotopic (exact) mass is 523 g/mol. The maximum Gasteiger partial charge on any atom is 0.167 e. The third-order valence-electron chi connectivity index (χ3n) is 5.34. The summed E-state index contributed by atoms with van der Waals surface area (Å²) in [6.45, 7) is 0.849. The van der Waals surface area contributed by atoms with Crippen molar-refractivity contribution in [2.45, 2.75) is 50.0 Å². The van der Waals surface area contributed by atoms with Crippen LogP contribution in [0, 0.1) is 3.57 Å². The van der Waals surface area contributed by atoms with E-state index in [4.69, 9.17) is 9.47 Å². The number of anilines is 1. The first-order valence-electron chi connectivity index (χ1n) is 9.89. The van der Waals surface area contributed by atoms with Gasteiger partial charge in [0.1, 0.15) is 24.6 Å². The minimum Gasteiger partial charge on any atom is -0.387 e. The van der Waals surface area contributed by atoms with Crippen molar-refractivity contribution in [3.05, 3.63) is 46.1 Å². The van der Waals surface area contributed by atoms with Gasteiger partial charge < -0.3 is 25.0 Å². The van der Waals surface area contributed by atoms with Crippen molar-refractivity contribution >= 4 is 39.6 Å². The zero-order valence-electron chi connectivity index (χ0n) is 16.1. The van der Waals surface area contributed by atoms with E-state index in [9.17, 15) is 10.2 Å². The number of halogens is 1. The highest BCUT2D eigenvalue weighted by atomic mass is 127. The molecule has 0 bridgehead atoms. The van der Waals surface area contributed by atoms with E-state index < -0.39 is 24.5 Å². The SMILES string of the molecule is OC1C(O)[C@@H](COC2CC2)O[C@H]1n1cnc2c(NCc3cccc(I)c3)ncnc21. The molecule has 1 aliphatic heterocycles. The van der Waals surface area contributed by atoms with Gasteiger partial charge in [-0.25, -0.2) is 15.0 Å². The molecule has 0 spiro atoms. The van der Waals surface area contributed by atoms with Gasteiger partial charge in [0.05, 0.1) is 19.0 Å². The molecule has 3 heterocycles. The number of aliphatic hydroxyl groups is 2. The highest BCUT2D eigenvalue weighted by molar-refractivity contribution is 14.1. The molecule has 2 aliphatic rings. The summed E-state index contributed by atoms with van der Waals surface area (Å²) in [6.07, 6.45) is 1.80. The van der Waals surface area contributed by atoms with Crippen molar-refractivity contribution in [2.75, 3.05) is 11.9 Å². The first kappa shape index (κ1) is 20.1. The minimum atomic E-state index is -1.10. The van der Waals surface area contributed by atoms with Crippen molar-refractivity contribution in [3.8, 4) is 0 Å². The van der Waals surface area contributed by atoms with Crippen molar-refractivity contribution in [2.24, 2.45) is 0 Å². The number of nitrogens with zero attached hydrogens (tertiary/aromatic N) is 4. The van der Waals surface area contributed by atoms with Crippen LogP contribution in [0.4, 0.5) is 5.82 Å². The van der Waals surface area contributed by atoms with Gasteiger partial charge in [0.25, 0.3) is 0 Å². The molecule has 2 unspecified atom stereocenters. The molecule has 3 aromatic rings. The van der Waals surface area contributed by atoms with Gasteiger partial charge in [0.15, 0.2) is 23.2 Å². The number of imidazole rings is 1. The van der Waals surface area contributed by atoms with Crippen molar-refractivity contribution in [1.29, 1.82) is 0 Å². The second kappa shape index (κ2) is 8.35. The van der Waals surface area contributed by atoms with Crippen LogP contribution in [-0.2, 0) is 16.0 Å². The van der Waals surface area contributed by atoms with E-state index in [-0.39, 0.29) is 12.7 Å². The summed E-state index contributed by atoms with van der Waals surface area (Å²) in [7, 11) is 0. The largest absolute Gasteiger partial charge is 0.387 e. The van der Waals surface area contributed by atoms with Crippen LogP contribution in [0.25, 0.3) is 11.2 Å². The van der Waals surface area contributed by atoms with Gasteiger partial charge in [0.2, 0.25) is 0 Å². The molecule has 30 heavy (non-hydrogen) atoms. The molecule has 5 rings (SSSR count). The Morgan fingerprint density at radius 3 is 2.87 bits per heavy atom. The van der Waals surface area contributed by atoms with Gasteiger partial charge in [-0.15, -0.1) is 0 Å². The van der Waals surface area contributed by atoms with E-state index >= 15 is 0 Å².